The van der Waals surface area contributed by atoms with E-state index in [0.717, 1.165) is 5.56 Å². The summed E-state index contributed by atoms with van der Waals surface area (Å²) in [4.78, 5) is 12.0. The number of rotatable bonds is 7. The van der Waals surface area contributed by atoms with Gasteiger partial charge in [-0.1, -0.05) is 12.1 Å². The van der Waals surface area contributed by atoms with Gasteiger partial charge < -0.3 is 25.6 Å². The van der Waals surface area contributed by atoms with Crippen molar-refractivity contribution in [2.45, 2.75) is 31.7 Å². The number of aromatic hydroxyl groups is 1. The lowest BCUT2D eigenvalue weighted by atomic mass is 10.1. The van der Waals surface area contributed by atoms with Crippen LogP contribution >= 0.6 is 0 Å². The minimum atomic E-state index is -0.670. The highest BCUT2D eigenvalue weighted by atomic mass is 16.7. The van der Waals surface area contributed by atoms with Crippen LogP contribution in [-0.4, -0.2) is 43.6 Å². The fraction of sp³-hybridized carbons (Fsp3) is 0.500. The van der Waals surface area contributed by atoms with Gasteiger partial charge in [0.1, 0.15) is 5.75 Å². The fourth-order valence-corrected chi connectivity index (χ4v) is 1.88. The van der Waals surface area contributed by atoms with Crippen LogP contribution in [0.15, 0.2) is 24.3 Å². The number of carbonyl (C=O) groups is 1. The van der Waals surface area contributed by atoms with Crippen molar-refractivity contribution in [1.29, 1.82) is 0 Å². The Labute approximate surface area is 118 Å². The Morgan fingerprint density at radius 1 is 1.30 bits per heavy atom. The second kappa shape index (κ2) is 7.84. The Morgan fingerprint density at radius 2 is 1.85 bits per heavy atom. The van der Waals surface area contributed by atoms with Gasteiger partial charge >= 0.3 is 0 Å². The van der Waals surface area contributed by atoms with Gasteiger partial charge in [0.05, 0.1) is 12.1 Å². The maximum atomic E-state index is 12.0. The van der Waals surface area contributed by atoms with Crippen LogP contribution in [0.1, 0.15) is 12.5 Å². The van der Waals surface area contributed by atoms with E-state index >= 15 is 0 Å². The molecule has 1 unspecified atom stereocenters. The van der Waals surface area contributed by atoms with Crippen LogP contribution in [0.25, 0.3) is 0 Å². The van der Waals surface area contributed by atoms with Crippen molar-refractivity contribution >= 4 is 5.91 Å². The van der Waals surface area contributed by atoms with Crippen molar-refractivity contribution in [1.82, 2.24) is 5.32 Å². The molecule has 6 heteroatoms. The molecule has 0 spiro atoms. The Balaban J connectivity index is 2.52. The van der Waals surface area contributed by atoms with E-state index in [1.807, 2.05) is 0 Å². The van der Waals surface area contributed by atoms with Crippen molar-refractivity contribution in [3.05, 3.63) is 29.8 Å². The molecule has 0 aliphatic heterocycles. The van der Waals surface area contributed by atoms with Crippen molar-refractivity contribution in [3.8, 4) is 5.75 Å². The summed E-state index contributed by atoms with van der Waals surface area (Å²) in [6.07, 6.45) is -0.122. The van der Waals surface area contributed by atoms with Gasteiger partial charge in [0.2, 0.25) is 5.91 Å². The zero-order valence-corrected chi connectivity index (χ0v) is 12.0. The SMILES string of the molecule is COC(OC)C(C)NC(=O)[C@H](N)Cc1ccc(O)cc1. The van der Waals surface area contributed by atoms with E-state index in [2.05, 4.69) is 5.32 Å². The first-order chi connectivity index (χ1) is 9.47. The number of carbonyl (C=O) groups excluding carboxylic acids is 1. The van der Waals surface area contributed by atoms with Crippen LogP contribution < -0.4 is 11.1 Å². The van der Waals surface area contributed by atoms with E-state index in [4.69, 9.17) is 15.2 Å². The zero-order chi connectivity index (χ0) is 15.1. The summed E-state index contributed by atoms with van der Waals surface area (Å²) in [7, 11) is 3.01. The predicted molar refractivity (Wildman–Crippen MR) is 75.2 cm³/mol. The first-order valence-electron chi connectivity index (χ1n) is 6.37. The summed E-state index contributed by atoms with van der Waals surface area (Å²) < 4.78 is 10.1. The number of phenols is 1. The first-order valence-corrected chi connectivity index (χ1v) is 6.37. The number of amides is 1. The largest absolute Gasteiger partial charge is 0.508 e. The molecule has 0 aliphatic rings. The molecule has 0 radical (unpaired) electrons. The zero-order valence-electron chi connectivity index (χ0n) is 12.0. The second-order valence-corrected chi connectivity index (χ2v) is 4.61. The molecule has 1 aromatic rings. The summed E-state index contributed by atoms with van der Waals surface area (Å²) in [5.74, 6) is -0.0897. The van der Waals surface area contributed by atoms with Crippen molar-refractivity contribution in [2.75, 3.05) is 14.2 Å². The molecular weight excluding hydrogens is 260 g/mol. The Morgan fingerprint density at radius 3 is 2.35 bits per heavy atom. The number of hydrogen-bond acceptors (Lipinski definition) is 5. The normalized spacial score (nSPS) is 14.1. The molecule has 20 heavy (non-hydrogen) atoms. The number of benzene rings is 1. The minimum Gasteiger partial charge on any atom is -0.508 e. The van der Waals surface area contributed by atoms with E-state index in [9.17, 15) is 9.90 Å². The molecule has 4 N–H and O–H groups in total. The smallest absolute Gasteiger partial charge is 0.237 e. The standard InChI is InChI=1S/C14H22N2O4/c1-9(14(19-2)20-3)16-13(18)12(15)8-10-4-6-11(17)7-5-10/h4-7,9,12,14,17H,8,15H2,1-3H3,(H,16,18)/t9?,12-/m1/s1. The molecule has 0 aromatic heterocycles. The van der Waals surface area contributed by atoms with E-state index in [1.165, 1.54) is 14.2 Å². The lowest BCUT2D eigenvalue weighted by molar-refractivity contribution is -0.136. The third kappa shape index (κ3) is 4.80. The van der Waals surface area contributed by atoms with Crippen LogP contribution in [-0.2, 0) is 20.7 Å². The maximum Gasteiger partial charge on any atom is 0.237 e. The van der Waals surface area contributed by atoms with Gasteiger partial charge in [-0.25, -0.2) is 0 Å². The average molecular weight is 282 g/mol. The van der Waals surface area contributed by atoms with E-state index in [0.29, 0.717) is 6.42 Å². The maximum absolute atomic E-state index is 12.0. The summed E-state index contributed by atoms with van der Waals surface area (Å²) >= 11 is 0. The van der Waals surface area contributed by atoms with Crippen molar-refractivity contribution < 1.29 is 19.4 Å². The monoisotopic (exact) mass is 282 g/mol. The van der Waals surface area contributed by atoms with Crippen LogP contribution in [0.4, 0.5) is 0 Å². The molecule has 6 nitrogen and oxygen atoms in total. The third-order valence-electron chi connectivity index (χ3n) is 2.97. The van der Waals surface area contributed by atoms with Crippen LogP contribution in [0, 0.1) is 0 Å². The first kappa shape index (κ1) is 16.4. The van der Waals surface area contributed by atoms with Crippen molar-refractivity contribution in [3.63, 3.8) is 0 Å². The highest BCUT2D eigenvalue weighted by Crippen LogP contribution is 2.11. The number of hydrogen-bond donors (Lipinski definition) is 3. The molecular formula is C14H22N2O4. The quantitative estimate of drug-likeness (QED) is 0.629. The van der Waals surface area contributed by atoms with Crippen molar-refractivity contribution in [2.24, 2.45) is 5.73 Å². The molecule has 0 bridgehead atoms. The summed E-state index contributed by atoms with van der Waals surface area (Å²) in [5, 5.41) is 11.9. The summed E-state index contributed by atoms with van der Waals surface area (Å²) in [6.45, 7) is 1.78. The molecule has 1 rings (SSSR count). The van der Waals surface area contributed by atoms with Crippen LogP contribution in [0.2, 0.25) is 0 Å². The van der Waals surface area contributed by atoms with E-state index in [1.54, 1.807) is 31.2 Å². The number of phenolic OH excluding ortho intramolecular Hbond substituents is 1. The minimum absolute atomic E-state index is 0.184. The Kier molecular flexibility index (Phi) is 6.44. The highest BCUT2D eigenvalue weighted by molar-refractivity contribution is 5.82. The van der Waals surface area contributed by atoms with Gasteiger partial charge in [0, 0.05) is 14.2 Å². The average Bonchev–Trinajstić information content (AvgIpc) is 2.42. The molecule has 2 atom stereocenters. The number of methoxy groups -OCH3 is 2. The fourth-order valence-electron chi connectivity index (χ4n) is 1.88. The van der Waals surface area contributed by atoms with Gasteiger partial charge in [-0.05, 0) is 31.0 Å². The predicted octanol–water partition coefficient (Wildman–Crippen LogP) is 0.386. The summed E-state index contributed by atoms with van der Waals surface area (Å²) in [5.41, 5.74) is 6.75. The van der Waals surface area contributed by atoms with Crippen LogP contribution in [0.5, 0.6) is 5.75 Å². The number of nitrogens with two attached hydrogens (primary N) is 1. The second-order valence-electron chi connectivity index (χ2n) is 4.61. The highest BCUT2D eigenvalue weighted by Gasteiger charge is 2.21. The van der Waals surface area contributed by atoms with E-state index < -0.39 is 12.3 Å². The Hall–Kier alpha value is -1.63. The number of ether oxygens (including phenoxy) is 2. The molecule has 0 heterocycles. The lowest BCUT2D eigenvalue weighted by Gasteiger charge is -2.23. The molecule has 1 aromatic carbocycles. The van der Waals surface area contributed by atoms with Gasteiger partial charge in [-0.3, -0.25) is 4.79 Å². The lowest BCUT2D eigenvalue weighted by Crippen LogP contribution is -2.50. The Bertz CT molecular complexity index is 418. The number of nitrogens with one attached hydrogen (secondary N) is 1. The molecule has 0 fully saturated rings. The molecule has 1 amide bonds. The van der Waals surface area contributed by atoms with Gasteiger partial charge in [-0.2, -0.15) is 0 Å². The van der Waals surface area contributed by atoms with Gasteiger partial charge in [0.25, 0.3) is 0 Å². The molecule has 0 aliphatic carbocycles. The third-order valence-corrected chi connectivity index (χ3v) is 2.97. The van der Waals surface area contributed by atoms with Gasteiger partial charge in [0.15, 0.2) is 6.29 Å². The molecule has 0 saturated heterocycles. The summed E-state index contributed by atoms with van der Waals surface area (Å²) in [6, 6.07) is 5.63. The molecule has 0 saturated carbocycles. The topological polar surface area (TPSA) is 93.8 Å². The van der Waals surface area contributed by atoms with E-state index in [-0.39, 0.29) is 17.7 Å². The van der Waals surface area contributed by atoms with Gasteiger partial charge in [-0.15, -0.1) is 0 Å². The molecule has 112 valence electrons. The van der Waals surface area contributed by atoms with Crippen LogP contribution in [0.3, 0.4) is 0 Å².